The third-order valence-corrected chi connectivity index (χ3v) is 4.38. The summed E-state index contributed by atoms with van der Waals surface area (Å²) in [5, 5.41) is 6.68. The van der Waals surface area contributed by atoms with Gasteiger partial charge >= 0.3 is 0 Å². The standard InChI is InChI=1S/C18H19N3S/c19-16-8-6-14(7-9-16)12-20-11-10-17-13-22-18(21-17)15-4-2-1-3-5-15/h1-9,13,20H,10-12,19H2. The predicted molar refractivity (Wildman–Crippen MR) is 93.8 cm³/mol. The van der Waals surface area contributed by atoms with E-state index in [0.717, 1.165) is 35.9 Å². The normalized spacial score (nSPS) is 10.7. The van der Waals surface area contributed by atoms with E-state index in [2.05, 4.69) is 35.0 Å². The van der Waals surface area contributed by atoms with Crippen LogP contribution >= 0.6 is 11.3 Å². The summed E-state index contributed by atoms with van der Waals surface area (Å²) in [5.74, 6) is 0. The van der Waals surface area contributed by atoms with Gasteiger partial charge in [-0.2, -0.15) is 0 Å². The second kappa shape index (κ2) is 7.20. The highest BCUT2D eigenvalue weighted by atomic mass is 32.1. The van der Waals surface area contributed by atoms with Crippen LogP contribution in [0.25, 0.3) is 10.6 Å². The monoisotopic (exact) mass is 309 g/mol. The summed E-state index contributed by atoms with van der Waals surface area (Å²) in [6.07, 6.45) is 0.943. The molecule has 0 aliphatic rings. The van der Waals surface area contributed by atoms with Crippen LogP contribution < -0.4 is 11.1 Å². The van der Waals surface area contributed by atoms with Gasteiger partial charge in [0.05, 0.1) is 5.69 Å². The minimum absolute atomic E-state index is 0.805. The number of benzene rings is 2. The molecule has 0 radical (unpaired) electrons. The molecule has 22 heavy (non-hydrogen) atoms. The molecule has 0 unspecified atom stereocenters. The summed E-state index contributed by atoms with van der Waals surface area (Å²) in [6.45, 7) is 1.78. The number of nitrogen functional groups attached to an aromatic ring is 1. The van der Waals surface area contributed by atoms with Crippen LogP contribution in [-0.2, 0) is 13.0 Å². The van der Waals surface area contributed by atoms with E-state index in [4.69, 9.17) is 10.7 Å². The van der Waals surface area contributed by atoms with Crippen molar-refractivity contribution in [2.75, 3.05) is 12.3 Å². The van der Waals surface area contributed by atoms with E-state index < -0.39 is 0 Å². The van der Waals surface area contributed by atoms with Crippen molar-refractivity contribution in [1.82, 2.24) is 10.3 Å². The molecule has 0 atom stereocenters. The van der Waals surface area contributed by atoms with E-state index >= 15 is 0 Å². The zero-order valence-corrected chi connectivity index (χ0v) is 13.1. The van der Waals surface area contributed by atoms with Gasteiger partial charge in [-0.3, -0.25) is 0 Å². The van der Waals surface area contributed by atoms with Gasteiger partial charge in [0.2, 0.25) is 0 Å². The molecule has 112 valence electrons. The molecule has 0 bridgehead atoms. The van der Waals surface area contributed by atoms with Crippen molar-refractivity contribution in [3.8, 4) is 10.6 Å². The van der Waals surface area contributed by atoms with Crippen LogP contribution in [0.4, 0.5) is 5.69 Å². The van der Waals surface area contributed by atoms with Crippen LogP contribution in [0.5, 0.6) is 0 Å². The van der Waals surface area contributed by atoms with Crippen LogP contribution in [0.2, 0.25) is 0 Å². The summed E-state index contributed by atoms with van der Waals surface area (Å²) in [5.41, 5.74) is 10.1. The lowest BCUT2D eigenvalue weighted by molar-refractivity contribution is 0.682. The van der Waals surface area contributed by atoms with Crippen molar-refractivity contribution in [2.45, 2.75) is 13.0 Å². The maximum Gasteiger partial charge on any atom is 0.123 e. The molecule has 0 fully saturated rings. The first-order chi connectivity index (χ1) is 10.8. The van der Waals surface area contributed by atoms with Gasteiger partial charge in [0, 0.05) is 36.1 Å². The molecule has 0 amide bonds. The van der Waals surface area contributed by atoms with Gasteiger partial charge in [0.15, 0.2) is 0 Å². The average molecular weight is 309 g/mol. The summed E-state index contributed by atoms with van der Waals surface area (Å²) in [4.78, 5) is 4.70. The minimum Gasteiger partial charge on any atom is -0.399 e. The van der Waals surface area contributed by atoms with E-state index in [1.165, 1.54) is 11.1 Å². The van der Waals surface area contributed by atoms with Crippen molar-refractivity contribution >= 4 is 17.0 Å². The zero-order valence-electron chi connectivity index (χ0n) is 12.3. The quantitative estimate of drug-likeness (QED) is 0.539. The predicted octanol–water partition coefficient (Wildman–Crippen LogP) is 3.72. The van der Waals surface area contributed by atoms with E-state index in [9.17, 15) is 0 Å². The minimum atomic E-state index is 0.805. The van der Waals surface area contributed by atoms with Gasteiger partial charge in [-0.1, -0.05) is 42.5 Å². The van der Waals surface area contributed by atoms with Crippen LogP contribution in [0.1, 0.15) is 11.3 Å². The van der Waals surface area contributed by atoms with Gasteiger partial charge in [0.1, 0.15) is 5.01 Å². The Bertz CT molecular complexity index is 705. The molecule has 0 saturated carbocycles. The smallest absolute Gasteiger partial charge is 0.123 e. The topological polar surface area (TPSA) is 50.9 Å². The molecule has 0 aliphatic heterocycles. The first-order valence-corrected chi connectivity index (χ1v) is 8.24. The number of aromatic nitrogens is 1. The number of nitrogens with two attached hydrogens (primary N) is 1. The lowest BCUT2D eigenvalue weighted by Crippen LogP contribution is -2.16. The molecule has 1 aromatic heterocycles. The summed E-state index contributed by atoms with van der Waals surface area (Å²) >= 11 is 1.71. The van der Waals surface area contributed by atoms with Crippen molar-refractivity contribution in [3.05, 3.63) is 71.2 Å². The number of nitrogens with one attached hydrogen (secondary N) is 1. The fourth-order valence-corrected chi connectivity index (χ4v) is 3.08. The third-order valence-electron chi connectivity index (χ3n) is 3.44. The highest BCUT2D eigenvalue weighted by molar-refractivity contribution is 7.13. The number of hydrogen-bond acceptors (Lipinski definition) is 4. The van der Waals surface area contributed by atoms with Gasteiger partial charge < -0.3 is 11.1 Å². The number of anilines is 1. The molecule has 3 nitrogen and oxygen atoms in total. The number of hydrogen-bond donors (Lipinski definition) is 2. The fraction of sp³-hybridized carbons (Fsp3) is 0.167. The largest absolute Gasteiger partial charge is 0.399 e. The Labute approximate surface area is 134 Å². The van der Waals surface area contributed by atoms with Gasteiger partial charge in [-0.25, -0.2) is 4.98 Å². The SMILES string of the molecule is Nc1ccc(CNCCc2csc(-c3ccccc3)n2)cc1. The first-order valence-electron chi connectivity index (χ1n) is 7.36. The van der Waals surface area contributed by atoms with Gasteiger partial charge in [0.25, 0.3) is 0 Å². The molecule has 2 aromatic carbocycles. The molecule has 0 saturated heterocycles. The first kappa shape index (κ1) is 14.8. The number of nitrogens with zero attached hydrogens (tertiary/aromatic N) is 1. The second-order valence-electron chi connectivity index (χ2n) is 5.18. The average Bonchev–Trinajstić information content (AvgIpc) is 3.03. The van der Waals surface area contributed by atoms with Crippen LogP contribution in [0.15, 0.2) is 60.0 Å². The van der Waals surface area contributed by atoms with Crippen molar-refractivity contribution < 1.29 is 0 Å². The lowest BCUT2D eigenvalue weighted by Gasteiger charge is -2.04. The van der Waals surface area contributed by atoms with Crippen LogP contribution in [-0.4, -0.2) is 11.5 Å². The molecule has 0 spiro atoms. The molecular formula is C18H19N3S. The molecule has 1 heterocycles. The van der Waals surface area contributed by atoms with E-state index in [0.29, 0.717) is 0 Å². The van der Waals surface area contributed by atoms with Gasteiger partial charge in [-0.05, 0) is 17.7 Å². The summed E-state index contributed by atoms with van der Waals surface area (Å²) in [7, 11) is 0. The van der Waals surface area contributed by atoms with Crippen molar-refractivity contribution in [3.63, 3.8) is 0 Å². The van der Waals surface area contributed by atoms with Crippen LogP contribution in [0.3, 0.4) is 0 Å². The number of thiazole rings is 1. The van der Waals surface area contributed by atoms with Crippen molar-refractivity contribution in [2.24, 2.45) is 0 Å². The van der Waals surface area contributed by atoms with E-state index in [1.807, 2.05) is 30.3 Å². The Morgan fingerprint density at radius 1 is 1.00 bits per heavy atom. The Morgan fingerprint density at radius 3 is 2.55 bits per heavy atom. The Morgan fingerprint density at radius 2 is 1.77 bits per heavy atom. The second-order valence-corrected chi connectivity index (χ2v) is 6.04. The Balaban J connectivity index is 1.48. The maximum atomic E-state index is 5.68. The molecular weight excluding hydrogens is 290 g/mol. The third kappa shape index (κ3) is 3.93. The van der Waals surface area contributed by atoms with Crippen LogP contribution in [0, 0.1) is 0 Å². The van der Waals surface area contributed by atoms with Crippen molar-refractivity contribution in [1.29, 1.82) is 0 Å². The molecule has 0 aliphatic carbocycles. The number of rotatable bonds is 6. The Hall–Kier alpha value is -2.17. The highest BCUT2D eigenvalue weighted by Gasteiger charge is 2.04. The highest BCUT2D eigenvalue weighted by Crippen LogP contribution is 2.23. The fourth-order valence-electron chi connectivity index (χ4n) is 2.22. The lowest BCUT2D eigenvalue weighted by atomic mass is 10.2. The van der Waals surface area contributed by atoms with E-state index in [1.54, 1.807) is 11.3 Å². The Kier molecular flexibility index (Phi) is 4.83. The molecule has 3 aromatic rings. The summed E-state index contributed by atoms with van der Waals surface area (Å²) in [6, 6.07) is 18.3. The van der Waals surface area contributed by atoms with Gasteiger partial charge in [-0.15, -0.1) is 11.3 Å². The maximum absolute atomic E-state index is 5.68. The zero-order chi connectivity index (χ0) is 15.2. The van der Waals surface area contributed by atoms with E-state index in [-0.39, 0.29) is 0 Å². The molecule has 3 N–H and O–H groups in total. The molecule has 3 rings (SSSR count). The molecule has 4 heteroatoms. The summed E-state index contributed by atoms with van der Waals surface area (Å²) < 4.78 is 0.